The van der Waals surface area contributed by atoms with Crippen LogP contribution in [0.15, 0.2) is 18.2 Å². The van der Waals surface area contributed by atoms with Gasteiger partial charge in [-0.15, -0.1) is 0 Å². The SMILES string of the molecule is Cc1cccc(OCC[NH+]2CC[NH2+]CC2)c1C. The zero-order valence-electron chi connectivity index (χ0n) is 11.0. The van der Waals surface area contributed by atoms with Crippen molar-refractivity contribution in [3.63, 3.8) is 0 Å². The lowest BCUT2D eigenvalue weighted by Crippen LogP contribution is -3.20. The van der Waals surface area contributed by atoms with Crippen LogP contribution in [0.5, 0.6) is 5.75 Å². The molecule has 0 unspecified atom stereocenters. The van der Waals surface area contributed by atoms with Crippen LogP contribution >= 0.6 is 0 Å². The number of rotatable bonds is 4. The molecule has 17 heavy (non-hydrogen) atoms. The van der Waals surface area contributed by atoms with Gasteiger partial charge in [0, 0.05) is 0 Å². The Bertz CT molecular complexity index is 359. The van der Waals surface area contributed by atoms with Crippen molar-refractivity contribution in [3.05, 3.63) is 29.3 Å². The first-order chi connectivity index (χ1) is 8.27. The average Bonchev–Trinajstić information content (AvgIpc) is 2.36. The number of ether oxygens (including phenoxy) is 1. The van der Waals surface area contributed by atoms with Crippen molar-refractivity contribution >= 4 is 0 Å². The van der Waals surface area contributed by atoms with Crippen LogP contribution in [0.25, 0.3) is 0 Å². The minimum atomic E-state index is 0.833. The number of quaternary nitrogens is 2. The summed E-state index contributed by atoms with van der Waals surface area (Å²) in [6.45, 7) is 11.3. The van der Waals surface area contributed by atoms with Gasteiger partial charge in [0.05, 0.1) is 0 Å². The largest absolute Gasteiger partial charge is 0.487 e. The molecule has 0 aromatic heterocycles. The van der Waals surface area contributed by atoms with Gasteiger partial charge in [0.15, 0.2) is 0 Å². The first-order valence-electron chi connectivity index (χ1n) is 6.61. The van der Waals surface area contributed by atoms with E-state index in [1.807, 2.05) is 0 Å². The quantitative estimate of drug-likeness (QED) is 0.700. The van der Waals surface area contributed by atoms with E-state index < -0.39 is 0 Å². The minimum absolute atomic E-state index is 0.833. The van der Waals surface area contributed by atoms with Gasteiger partial charge in [-0.1, -0.05) is 12.1 Å². The number of hydrogen-bond acceptors (Lipinski definition) is 1. The second-order valence-electron chi connectivity index (χ2n) is 4.91. The Labute approximate surface area is 104 Å². The van der Waals surface area contributed by atoms with Crippen LogP contribution in [0.1, 0.15) is 11.1 Å². The van der Waals surface area contributed by atoms with Gasteiger partial charge in [0.25, 0.3) is 0 Å². The summed E-state index contributed by atoms with van der Waals surface area (Å²) in [7, 11) is 0. The summed E-state index contributed by atoms with van der Waals surface area (Å²) in [5.41, 5.74) is 2.58. The lowest BCUT2D eigenvalue weighted by atomic mass is 10.1. The van der Waals surface area contributed by atoms with Crippen molar-refractivity contribution < 1.29 is 15.0 Å². The lowest BCUT2D eigenvalue weighted by Gasteiger charge is -2.22. The fraction of sp³-hybridized carbons (Fsp3) is 0.571. The molecule has 1 aliphatic rings. The summed E-state index contributed by atoms with van der Waals surface area (Å²) in [5, 5.41) is 2.40. The Morgan fingerprint density at radius 1 is 1.24 bits per heavy atom. The molecule has 2 rings (SSSR count). The average molecular weight is 236 g/mol. The van der Waals surface area contributed by atoms with E-state index in [4.69, 9.17) is 4.74 Å². The summed E-state index contributed by atoms with van der Waals surface area (Å²) >= 11 is 0. The minimum Gasteiger partial charge on any atom is -0.487 e. The molecule has 0 aliphatic carbocycles. The zero-order chi connectivity index (χ0) is 12.1. The first-order valence-corrected chi connectivity index (χ1v) is 6.61. The Balaban J connectivity index is 1.79. The predicted octanol–water partition coefficient (Wildman–Crippen LogP) is -0.856. The van der Waals surface area contributed by atoms with E-state index in [0.717, 1.165) is 18.9 Å². The third kappa shape index (κ3) is 3.45. The van der Waals surface area contributed by atoms with E-state index in [2.05, 4.69) is 37.4 Å². The molecule has 0 spiro atoms. The van der Waals surface area contributed by atoms with Gasteiger partial charge in [-0.2, -0.15) is 0 Å². The Morgan fingerprint density at radius 3 is 2.76 bits per heavy atom. The highest BCUT2D eigenvalue weighted by Gasteiger charge is 2.15. The van der Waals surface area contributed by atoms with Gasteiger partial charge in [0.1, 0.15) is 45.1 Å². The molecule has 0 bridgehead atoms. The highest BCUT2D eigenvalue weighted by atomic mass is 16.5. The molecule has 0 radical (unpaired) electrons. The summed E-state index contributed by atoms with van der Waals surface area (Å²) in [5.74, 6) is 1.05. The number of hydrogen-bond donors (Lipinski definition) is 2. The number of nitrogens with one attached hydrogen (secondary N) is 1. The van der Waals surface area contributed by atoms with Crippen LogP contribution in [0.4, 0.5) is 0 Å². The van der Waals surface area contributed by atoms with Gasteiger partial charge >= 0.3 is 0 Å². The molecule has 0 amide bonds. The molecule has 1 fully saturated rings. The molecule has 1 aliphatic heterocycles. The van der Waals surface area contributed by atoms with Crippen LogP contribution in [0.3, 0.4) is 0 Å². The summed E-state index contributed by atoms with van der Waals surface area (Å²) in [4.78, 5) is 1.68. The maximum atomic E-state index is 5.89. The fourth-order valence-corrected chi connectivity index (χ4v) is 2.32. The van der Waals surface area contributed by atoms with Gasteiger partial charge in [0.2, 0.25) is 0 Å². The maximum Gasteiger partial charge on any atom is 0.137 e. The molecule has 1 aromatic rings. The summed E-state index contributed by atoms with van der Waals surface area (Å²) in [6.07, 6.45) is 0. The normalized spacial score (nSPS) is 17.1. The molecule has 94 valence electrons. The monoisotopic (exact) mass is 236 g/mol. The van der Waals surface area contributed by atoms with Crippen molar-refractivity contribution in [2.24, 2.45) is 0 Å². The van der Waals surface area contributed by atoms with Gasteiger partial charge in [-0.05, 0) is 31.0 Å². The molecular weight excluding hydrogens is 212 g/mol. The Hall–Kier alpha value is -1.06. The van der Waals surface area contributed by atoms with E-state index >= 15 is 0 Å². The van der Waals surface area contributed by atoms with E-state index in [1.165, 1.54) is 37.3 Å². The van der Waals surface area contributed by atoms with E-state index in [9.17, 15) is 0 Å². The van der Waals surface area contributed by atoms with Crippen LogP contribution in [0, 0.1) is 13.8 Å². The second kappa shape index (κ2) is 6.03. The van der Waals surface area contributed by atoms with Gasteiger partial charge in [-0.25, -0.2) is 0 Å². The molecule has 1 aromatic carbocycles. The first kappa shape index (κ1) is 12.4. The number of aryl methyl sites for hydroxylation is 1. The Kier molecular flexibility index (Phi) is 4.40. The summed E-state index contributed by atoms with van der Waals surface area (Å²) in [6, 6.07) is 6.27. The fourth-order valence-electron chi connectivity index (χ4n) is 2.32. The number of piperazine rings is 1. The lowest BCUT2D eigenvalue weighted by molar-refractivity contribution is -0.946. The van der Waals surface area contributed by atoms with Crippen molar-refractivity contribution in [1.29, 1.82) is 0 Å². The number of nitrogens with two attached hydrogens (primary N) is 1. The third-order valence-corrected chi connectivity index (χ3v) is 3.67. The zero-order valence-corrected chi connectivity index (χ0v) is 11.0. The molecule has 3 N–H and O–H groups in total. The van der Waals surface area contributed by atoms with Crippen LogP contribution < -0.4 is 15.0 Å². The Morgan fingerprint density at radius 2 is 2.00 bits per heavy atom. The standard InChI is InChI=1S/C14H22N2O/c1-12-4-3-5-14(13(12)2)17-11-10-16-8-6-15-7-9-16/h3-5,15H,6-11H2,1-2H3/p+2. The van der Waals surface area contributed by atoms with Crippen LogP contribution in [-0.2, 0) is 0 Å². The molecular formula is C14H24N2O+2. The van der Waals surface area contributed by atoms with Crippen LogP contribution in [-0.4, -0.2) is 39.3 Å². The van der Waals surface area contributed by atoms with E-state index in [1.54, 1.807) is 4.90 Å². The summed E-state index contributed by atoms with van der Waals surface area (Å²) < 4.78 is 5.89. The topological polar surface area (TPSA) is 30.3 Å². The van der Waals surface area contributed by atoms with E-state index in [-0.39, 0.29) is 0 Å². The molecule has 0 atom stereocenters. The maximum absolute atomic E-state index is 5.89. The van der Waals surface area contributed by atoms with Gasteiger partial charge < -0.3 is 15.0 Å². The van der Waals surface area contributed by atoms with Crippen molar-refractivity contribution in [3.8, 4) is 5.75 Å². The van der Waals surface area contributed by atoms with Crippen molar-refractivity contribution in [2.75, 3.05) is 39.3 Å². The van der Waals surface area contributed by atoms with E-state index in [0.29, 0.717) is 0 Å². The second-order valence-corrected chi connectivity index (χ2v) is 4.91. The molecule has 3 heteroatoms. The smallest absolute Gasteiger partial charge is 0.137 e. The highest BCUT2D eigenvalue weighted by Crippen LogP contribution is 2.19. The molecule has 3 nitrogen and oxygen atoms in total. The molecule has 1 heterocycles. The molecule has 1 saturated heterocycles. The van der Waals surface area contributed by atoms with Gasteiger partial charge in [-0.3, -0.25) is 0 Å². The number of benzene rings is 1. The highest BCUT2D eigenvalue weighted by molar-refractivity contribution is 5.38. The third-order valence-electron chi connectivity index (χ3n) is 3.67. The van der Waals surface area contributed by atoms with Crippen molar-refractivity contribution in [1.82, 2.24) is 0 Å². The predicted molar refractivity (Wildman–Crippen MR) is 68.6 cm³/mol. The van der Waals surface area contributed by atoms with Crippen LogP contribution in [0.2, 0.25) is 0 Å². The van der Waals surface area contributed by atoms with Crippen molar-refractivity contribution in [2.45, 2.75) is 13.8 Å². The molecule has 0 saturated carbocycles.